The van der Waals surface area contributed by atoms with E-state index < -0.39 is 0 Å². The van der Waals surface area contributed by atoms with Gasteiger partial charge in [-0.2, -0.15) is 0 Å². The Morgan fingerprint density at radius 3 is 2.54 bits per heavy atom. The van der Waals surface area contributed by atoms with Gasteiger partial charge >= 0.3 is 0 Å². The number of rotatable bonds is 6. The van der Waals surface area contributed by atoms with Gasteiger partial charge in [-0.25, -0.2) is 0 Å². The summed E-state index contributed by atoms with van der Waals surface area (Å²) in [5, 5.41) is 2.55. The third-order valence-electron chi connectivity index (χ3n) is 5.35. The summed E-state index contributed by atoms with van der Waals surface area (Å²) >= 11 is 0. The first-order valence-corrected chi connectivity index (χ1v) is 9.25. The van der Waals surface area contributed by atoms with Crippen molar-refractivity contribution in [2.75, 3.05) is 0 Å². The molecule has 3 nitrogen and oxygen atoms in total. The fraction of sp³-hybridized carbons (Fsp3) is 0.261. The van der Waals surface area contributed by atoms with Crippen molar-refractivity contribution in [1.29, 1.82) is 0 Å². The first-order valence-electron chi connectivity index (χ1n) is 9.25. The third kappa shape index (κ3) is 3.49. The van der Waals surface area contributed by atoms with Crippen molar-refractivity contribution in [2.24, 2.45) is 5.73 Å². The second-order valence-corrected chi connectivity index (χ2v) is 7.25. The van der Waals surface area contributed by atoms with E-state index in [9.17, 15) is 4.79 Å². The number of carbonyl (C=O) groups excluding carboxylic acids is 1. The Labute approximate surface area is 154 Å². The molecule has 0 spiro atoms. The Bertz CT molecular complexity index is 946. The van der Waals surface area contributed by atoms with Crippen molar-refractivity contribution in [1.82, 2.24) is 4.90 Å². The molecule has 1 saturated carbocycles. The molecule has 0 radical (unpaired) electrons. The van der Waals surface area contributed by atoms with Crippen LogP contribution in [0.4, 0.5) is 0 Å². The molecule has 0 unspecified atom stereocenters. The van der Waals surface area contributed by atoms with E-state index in [2.05, 4.69) is 60.4 Å². The van der Waals surface area contributed by atoms with Crippen molar-refractivity contribution in [3.8, 4) is 0 Å². The zero-order valence-corrected chi connectivity index (χ0v) is 15.1. The van der Waals surface area contributed by atoms with Crippen molar-refractivity contribution in [2.45, 2.75) is 38.4 Å². The summed E-state index contributed by atoms with van der Waals surface area (Å²) in [6.07, 6.45) is 2.49. The number of primary amides is 1. The molecule has 1 amide bonds. The number of hydrogen-bond donors (Lipinski definition) is 1. The van der Waals surface area contributed by atoms with Crippen LogP contribution in [0.5, 0.6) is 0 Å². The van der Waals surface area contributed by atoms with E-state index in [1.165, 1.54) is 29.2 Å². The lowest BCUT2D eigenvalue weighted by molar-refractivity contribution is 0.1000. The predicted octanol–water partition coefficient (Wildman–Crippen LogP) is 4.66. The highest BCUT2D eigenvalue weighted by Crippen LogP contribution is 2.36. The Morgan fingerprint density at radius 2 is 1.81 bits per heavy atom. The van der Waals surface area contributed by atoms with Crippen LogP contribution in [0.15, 0.2) is 66.7 Å². The van der Waals surface area contributed by atoms with Gasteiger partial charge in [0.25, 0.3) is 0 Å². The van der Waals surface area contributed by atoms with Crippen LogP contribution >= 0.6 is 0 Å². The number of amides is 1. The van der Waals surface area contributed by atoms with Gasteiger partial charge < -0.3 is 5.73 Å². The van der Waals surface area contributed by atoms with Crippen LogP contribution < -0.4 is 5.73 Å². The van der Waals surface area contributed by atoms with Crippen LogP contribution in [0, 0.1) is 0 Å². The van der Waals surface area contributed by atoms with Crippen LogP contribution in [0.3, 0.4) is 0 Å². The van der Waals surface area contributed by atoms with Gasteiger partial charge in [0.15, 0.2) is 0 Å². The Morgan fingerprint density at radius 1 is 1.04 bits per heavy atom. The van der Waals surface area contributed by atoms with E-state index in [0.717, 1.165) is 12.1 Å². The molecule has 4 rings (SSSR count). The molecule has 1 aliphatic carbocycles. The number of fused-ring (bicyclic) bond motifs is 1. The molecule has 2 N–H and O–H groups in total. The SMILES string of the molecule is C[C@H](c1ccc2ccccc2c1)N(Cc1cccc(C(N)=O)c1)C1CC1. The Kier molecular flexibility index (Phi) is 4.48. The van der Waals surface area contributed by atoms with Crippen molar-refractivity contribution < 1.29 is 4.79 Å². The average molecular weight is 344 g/mol. The van der Waals surface area contributed by atoms with Crippen molar-refractivity contribution in [3.05, 3.63) is 83.4 Å². The highest BCUT2D eigenvalue weighted by Gasteiger charge is 2.32. The van der Waals surface area contributed by atoms with E-state index in [-0.39, 0.29) is 5.91 Å². The van der Waals surface area contributed by atoms with Gasteiger partial charge in [0, 0.05) is 24.2 Å². The highest BCUT2D eigenvalue weighted by atomic mass is 16.1. The lowest BCUT2D eigenvalue weighted by Gasteiger charge is -2.30. The molecule has 3 aromatic carbocycles. The second-order valence-electron chi connectivity index (χ2n) is 7.25. The largest absolute Gasteiger partial charge is 0.366 e. The zero-order valence-electron chi connectivity index (χ0n) is 15.1. The monoisotopic (exact) mass is 344 g/mol. The van der Waals surface area contributed by atoms with Gasteiger partial charge in [0.2, 0.25) is 5.91 Å². The van der Waals surface area contributed by atoms with Crippen LogP contribution in [0.1, 0.15) is 47.3 Å². The molecule has 26 heavy (non-hydrogen) atoms. The van der Waals surface area contributed by atoms with Crippen molar-refractivity contribution >= 4 is 16.7 Å². The van der Waals surface area contributed by atoms with Crippen LogP contribution in [0.2, 0.25) is 0 Å². The van der Waals surface area contributed by atoms with Gasteiger partial charge in [0.05, 0.1) is 0 Å². The fourth-order valence-electron chi connectivity index (χ4n) is 3.68. The Balaban J connectivity index is 1.61. The standard InChI is InChI=1S/C23H24N2O/c1-16(19-10-9-18-6-2-3-7-20(18)14-19)25(22-11-12-22)15-17-5-4-8-21(13-17)23(24)26/h2-10,13-14,16,22H,11-12,15H2,1H3,(H2,24,26)/t16-/m1/s1. The maximum atomic E-state index is 11.5. The molecule has 0 aliphatic heterocycles. The smallest absolute Gasteiger partial charge is 0.248 e. The van der Waals surface area contributed by atoms with Gasteiger partial charge in [-0.15, -0.1) is 0 Å². The molecule has 0 saturated heterocycles. The van der Waals surface area contributed by atoms with Gasteiger partial charge in [0.1, 0.15) is 0 Å². The van der Waals surface area contributed by atoms with Crippen molar-refractivity contribution in [3.63, 3.8) is 0 Å². The first-order chi connectivity index (χ1) is 12.6. The number of benzene rings is 3. The maximum absolute atomic E-state index is 11.5. The number of nitrogens with zero attached hydrogens (tertiary/aromatic N) is 1. The second kappa shape index (κ2) is 6.93. The molecule has 3 aromatic rings. The Hall–Kier alpha value is -2.65. The minimum absolute atomic E-state index is 0.323. The van der Waals surface area contributed by atoms with E-state index in [1.807, 2.05) is 12.1 Å². The molecule has 0 bridgehead atoms. The zero-order chi connectivity index (χ0) is 18.1. The summed E-state index contributed by atoms with van der Waals surface area (Å²) in [6.45, 7) is 3.11. The molecule has 0 heterocycles. The third-order valence-corrected chi connectivity index (χ3v) is 5.35. The van der Waals surface area contributed by atoms with E-state index in [1.54, 1.807) is 6.07 Å². The lowest BCUT2D eigenvalue weighted by Crippen LogP contribution is -2.29. The molecule has 1 aliphatic rings. The van der Waals surface area contributed by atoms with Gasteiger partial charge in [-0.3, -0.25) is 9.69 Å². The minimum atomic E-state index is -0.368. The number of carbonyl (C=O) groups is 1. The summed E-state index contributed by atoms with van der Waals surface area (Å²) < 4.78 is 0. The normalized spacial score (nSPS) is 15.3. The summed E-state index contributed by atoms with van der Waals surface area (Å²) in [4.78, 5) is 14.0. The quantitative estimate of drug-likeness (QED) is 0.706. The topological polar surface area (TPSA) is 46.3 Å². The summed E-state index contributed by atoms with van der Waals surface area (Å²) in [6, 6.07) is 23.9. The lowest BCUT2D eigenvalue weighted by atomic mass is 10.0. The fourth-order valence-corrected chi connectivity index (χ4v) is 3.68. The van der Waals surface area contributed by atoms with E-state index in [4.69, 9.17) is 5.73 Å². The van der Waals surface area contributed by atoms with E-state index >= 15 is 0 Å². The molecule has 1 atom stereocenters. The molecule has 132 valence electrons. The van der Waals surface area contributed by atoms with Gasteiger partial charge in [-0.1, -0.05) is 48.5 Å². The maximum Gasteiger partial charge on any atom is 0.248 e. The minimum Gasteiger partial charge on any atom is -0.366 e. The van der Waals surface area contributed by atoms with Gasteiger partial charge in [-0.05, 0) is 59.9 Å². The molecular weight excluding hydrogens is 320 g/mol. The van der Waals surface area contributed by atoms with E-state index in [0.29, 0.717) is 17.6 Å². The van der Waals surface area contributed by atoms with Crippen LogP contribution in [-0.4, -0.2) is 16.8 Å². The average Bonchev–Trinajstić information content (AvgIpc) is 3.50. The number of hydrogen-bond acceptors (Lipinski definition) is 2. The van der Waals surface area contributed by atoms with Crippen LogP contribution in [-0.2, 0) is 6.54 Å². The summed E-state index contributed by atoms with van der Waals surface area (Å²) in [7, 11) is 0. The molecule has 1 fully saturated rings. The molecule has 3 heteroatoms. The summed E-state index contributed by atoms with van der Waals surface area (Å²) in [5.74, 6) is -0.368. The van der Waals surface area contributed by atoms with Crippen LogP contribution in [0.25, 0.3) is 10.8 Å². The molecular formula is C23H24N2O. The molecule has 0 aromatic heterocycles. The summed E-state index contributed by atoms with van der Waals surface area (Å²) in [5.41, 5.74) is 8.49. The predicted molar refractivity (Wildman–Crippen MR) is 106 cm³/mol. The highest BCUT2D eigenvalue weighted by molar-refractivity contribution is 5.92. The number of nitrogens with two attached hydrogens (primary N) is 1. The first kappa shape index (κ1) is 16.8.